The summed E-state index contributed by atoms with van der Waals surface area (Å²) in [6, 6.07) is 0.284. The minimum absolute atomic E-state index is 0.159. The standard InChI is InChI=1S/C12H16N4O3/c1-4-18-11(17)10-7-19-12(14-10)13-5-9-6-16(3)15-8(9)2/h6-7H,4-5H2,1-3H3,(H,13,14). The Kier molecular flexibility index (Phi) is 3.84. The highest BCUT2D eigenvalue weighted by Crippen LogP contribution is 2.12. The summed E-state index contributed by atoms with van der Waals surface area (Å²) in [5.41, 5.74) is 2.14. The Balaban J connectivity index is 1.97. The second kappa shape index (κ2) is 5.55. The van der Waals surface area contributed by atoms with Gasteiger partial charge in [-0.15, -0.1) is 0 Å². The number of anilines is 1. The number of hydrogen-bond donors (Lipinski definition) is 1. The lowest BCUT2D eigenvalue weighted by atomic mass is 10.3. The molecule has 0 atom stereocenters. The molecule has 0 unspecified atom stereocenters. The molecule has 2 aromatic rings. The van der Waals surface area contributed by atoms with E-state index in [1.807, 2.05) is 20.2 Å². The van der Waals surface area contributed by atoms with E-state index < -0.39 is 5.97 Å². The number of aryl methyl sites for hydroxylation is 2. The van der Waals surface area contributed by atoms with Gasteiger partial charge in [-0.25, -0.2) is 4.79 Å². The lowest BCUT2D eigenvalue weighted by Crippen LogP contribution is -2.05. The van der Waals surface area contributed by atoms with E-state index in [4.69, 9.17) is 9.15 Å². The molecule has 0 aliphatic carbocycles. The molecule has 0 aromatic carbocycles. The van der Waals surface area contributed by atoms with Crippen LogP contribution in [0.15, 0.2) is 16.9 Å². The van der Waals surface area contributed by atoms with E-state index in [9.17, 15) is 4.79 Å². The summed E-state index contributed by atoms with van der Waals surface area (Å²) in [6.07, 6.45) is 3.19. The van der Waals surface area contributed by atoms with Crippen molar-refractivity contribution in [1.29, 1.82) is 0 Å². The van der Waals surface area contributed by atoms with Crippen molar-refractivity contribution in [2.45, 2.75) is 20.4 Å². The summed E-state index contributed by atoms with van der Waals surface area (Å²) < 4.78 is 11.7. The highest BCUT2D eigenvalue weighted by molar-refractivity contribution is 5.87. The van der Waals surface area contributed by atoms with Crippen LogP contribution < -0.4 is 5.32 Å². The van der Waals surface area contributed by atoms with E-state index in [0.29, 0.717) is 13.2 Å². The topological polar surface area (TPSA) is 82.2 Å². The Hall–Kier alpha value is -2.31. The third-order valence-electron chi connectivity index (χ3n) is 2.53. The largest absolute Gasteiger partial charge is 0.461 e. The molecule has 0 amide bonds. The first-order valence-corrected chi connectivity index (χ1v) is 5.95. The van der Waals surface area contributed by atoms with E-state index >= 15 is 0 Å². The van der Waals surface area contributed by atoms with E-state index in [1.54, 1.807) is 11.6 Å². The quantitative estimate of drug-likeness (QED) is 0.824. The highest BCUT2D eigenvalue weighted by Gasteiger charge is 2.13. The summed E-state index contributed by atoms with van der Waals surface area (Å²) in [5.74, 6) is -0.489. The summed E-state index contributed by atoms with van der Waals surface area (Å²) >= 11 is 0. The average molecular weight is 264 g/mol. The number of carbonyl (C=O) groups is 1. The number of rotatable bonds is 5. The van der Waals surface area contributed by atoms with Crippen molar-refractivity contribution in [3.05, 3.63) is 29.4 Å². The zero-order valence-electron chi connectivity index (χ0n) is 11.1. The first-order chi connectivity index (χ1) is 9.10. The first-order valence-electron chi connectivity index (χ1n) is 5.95. The van der Waals surface area contributed by atoms with Crippen LogP contribution in [-0.2, 0) is 18.3 Å². The van der Waals surface area contributed by atoms with Crippen LogP contribution in [0.1, 0.15) is 28.7 Å². The fraction of sp³-hybridized carbons (Fsp3) is 0.417. The van der Waals surface area contributed by atoms with Gasteiger partial charge in [-0.2, -0.15) is 10.1 Å². The maximum Gasteiger partial charge on any atom is 0.360 e. The molecule has 7 heteroatoms. The molecular weight excluding hydrogens is 248 g/mol. The predicted octanol–water partition coefficient (Wildman–Crippen LogP) is 1.51. The Morgan fingerprint density at radius 3 is 3.00 bits per heavy atom. The molecule has 0 saturated heterocycles. The SMILES string of the molecule is CCOC(=O)c1coc(NCc2cn(C)nc2C)n1. The number of aromatic nitrogens is 3. The zero-order chi connectivity index (χ0) is 13.8. The smallest absolute Gasteiger partial charge is 0.360 e. The van der Waals surface area contributed by atoms with Gasteiger partial charge in [0.25, 0.3) is 6.01 Å². The van der Waals surface area contributed by atoms with Crippen LogP contribution in [-0.4, -0.2) is 27.3 Å². The van der Waals surface area contributed by atoms with E-state index in [-0.39, 0.29) is 11.7 Å². The molecule has 102 valence electrons. The molecule has 0 aliphatic rings. The number of oxazole rings is 1. The Bertz CT molecular complexity index is 573. The predicted molar refractivity (Wildman–Crippen MR) is 67.7 cm³/mol. The van der Waals surface area contributed by atoms with Gasteiger partial charge in [0.2, 0.25) is 0 Å². The molecular formula is C12H16N4O3. The van der Waals surface area contributed by atoms with Crippen LogP contribution in [0, 0.1) is 6.92 Å². The molecule has 2 rings (SSSR count). The van der Waals surface area contributed by atoms with Crippen molar-refractivity contribution < 1.29 is 13.9 Å². The number of hydrogen-bond acceptors (Lipinski definition) is 6. The highest BCUT2D eigenvalue weighted by atomic mass is 16.5. The van der Waals surface area contributed by atoms with E-state index in [1.165, 1.54) is 6.26 Å². The molecule has 19 heavy (non-hydrogen) atoms. The number of ether oxygens (including phenoxy) is 1. The molecule has 2 aromatic heterocycles. The normalized spacial score (nSPS) is 10.5. The third-order valence-corrected chi connectivity index (χ3v) is 2.53. The van der Waals surface area contributed by atoms with Crippen LogP contribution in [0.25, 0.3) is 0 Å². The van der Waals surface area contributed by atoms with Crippen LogP contribution in [0.5, 0.6) is 0 Å². The minimum atomic E-state index is -0.489. The molecule has 1 N–H and O–H groups in total. The maximum atomic E-state index is 11.4. The van der Waals surface area contributed by atoms with Gasteiger partial charge in [-0.05, 0) is 13.8 Å². The molecule has 0 spiro atoms. The van der Waals surface area contributed by atoms with Gasteiger partial charge in [0, 0.05) is 25.4 Å². The van der Waals surface area contributed by atoms with Gasteiger partial charge < -0.3 is 14.5 Å². The fourth-order valence-electron chi connectivity index (χ4n) is 1.65. The van der Waals surface area contributed by atoms with Crippen molar-refractivity contribution in [3.8, 4) is 0 Å². The van der Waals surface area contributed by atoms with Crippen molar-refractivity contribution >= 4 is 12.0 Å². The summed E-state index contributed by atoms with van der Waals surface area (Å²) in [7, 11) is 1.86. The fourth-order valence-corrected chi connectivity index (χ4v) is 1.65. The van der Waals surface area contributed by atoms with Gasteiger partial charge >= 0.3 is 5.97 Å². The summed E-state index contributed by atoms with van der Waals surface area (Å²) in [6.45, 7) is 4.50. The van der Waals surface area contributed by atoms with Crippen molar-refractivity contribution in [1.82, 2.24) is 14.8 Å². The Labute approximate surface area is 110 Å². The Morgan fingerprint density at radius 2 is 2.37 bits per heavy atom. The zero-order valence-corrected chi connectivity index (χ0v) is 11.1. The number of nitrogens with zero attached hydrogens (tertiary/aromatic N) is 3. The number of carbonyl (C=O) groups excluding carboxylic acids is 1. The van der Waals surface area contributed by atoms with Gasteiger partial charge in [0.1, 0.15) is 6.26 Å². The van der Waals surface area contributed by atoms with Crippen LogP contribution >= 0.6 is 0 Å². The second-order valence-electron chi connectivity index (χ2n) is 4.03. The maximum absolute atomic E-state index is 11.4. The lowest BCUT2D eigenvalue weighted by molar-refractivity contribution is 0.0519. The molecule has 0 radical (unpaired) electrons. The first kappa shape index (κ1) is 13.1. The van der Waals surface area contributed by atoms with Gasteiger partial charge in [0.05, 0.1) is 12.3 Å². The third kappa shape index (κ3) is 3.12. The molecule has 0 aliphatic heterocycles. The Morgan fingerprint density at radius 1 is 1.58 bits per heavy atom. The van der Waals surface area contributed by atoms with Gasteiger partial charge in [-0.3, -0.25) is 4.68 Å². The second-order valence-corrected chi connectivity index (χ2v) is 4.03. The van der Waals surface area contributed by atoms with E-state index in [2.05, 4.69) is 15.4 Å². The molecule has 7 nitrogen and oxygen atoms in total. The monoisotopic (exact) mass is 264 g/mol. The number of esters is 1. The van der Waals surface area contributed by atoms with Crippen LogP contribution in [0.3, 0.4) is 0 Å². The summed E-state index contributed by atoms with van der Waals surface area (Å²) in [5, 5.41) is 7.23. The molecule has 0 fully saturated rings. The molecule has 0 saturated carbocycles. The molecule has 0 bridgehead atoms. The van der Waals surface area contributed by atoms with Crippen LogP contribution in [0.4, 0.5) is 6.01 Å². The van der Waals surface area contributed by atoms with Crippen LogP contribution in [0.2, 0.25) is 0 Å². The van der Waals surface area contributed by atoms with E-state index in [0.717, 1.165) is 11.3 Å². The lowest BCUT2D eigenvalue weighted by Gasteiger charge is -1.99. The van der Waals surface area contributed by atoms with Crippen molar-refractivity contribution in [2.75, 3.05) is 11.9 Å². The number of nitrogens with one attached hydrogen (secondary N) is 1. The average Bonchev–Trinajstić information content (AvgIpc) is 2.94. The minimum Gasteiger partial charge on any atom is -0.461 e. The summed E-state index contributed by atoms with van der Waals surface area (Å²) in [4.78, 5) is 15.4. The van der Waals surface area contributed by atoms with Gasteiger partial charge in [0.15, 0.2) is 5.69 Å². The van der Waals surface area contributed by atoms with Crippen molar-refractivity contribution in [3.63, 3.8) is 0 Å². The van der Waals surface area contributed by atoms with Gasteiger partial charge in [-0.1, -0.05) is 0 Å². The van der Waals surface area contributed by atoms with Crippen molar-refractivity contribution in [2.24, 2.45) is 7.05 Å². The molecule has 2 heterocycles.